The molecule has 1 heterocycles. The van der Waals surface area contributed by atoms with Crippen molar-refractivity contribution in [1.29, 1.82) is 5.26 Å². The van der Waals surface area contributed by atoms with E-state index in [4.69, 9.17) is 0 Å². The summed E-state index contributed by atoms with van der Waals surface area (Å²) < 4.78 is 1.06. The Morgan fingerprint density at radius 3 is 2.52 bits per heavy atom. The normalized spacial score (nSPS) is 12.0. The number of imidazole rings is 1. The van der Waals surface area contributed by atoms with Gasteiger partial charge in [0, 0.05) is 9.13 Å². The van der Waals surface area contributed by atoms with Gasteiger partial charge in [0.25, 0.3) is 0 Å². The molecule has 2 aromatic carbocycles. The van der Waals surface area contributed by atoms with E-state index in [2.05, 4.69) is 32.6 Å². The number of benzene rings is 2. The highest BCUT2D eigenvalue weighted by Gasteiger charge is 2.14. The molecule has 0 amide bonds. The zero-order valence-electron chi connectivity index (χ0n) is 10.8. The number of H-pyrrole nitrogens is 1. The number of para-hydroxylation sites is 2. The lowest BCUT2D eigenvalue weighted by molar-refractivity contribution is 0.514. The number of hydrogen-bond donors (Lipinski definition) is 2. The molecule has 2 N–H and O–H groups in total. The van der Waals surface area contributed by atoms with Crippen LogP contribution < -0.4 is 0 Å². The Labute approximate surface area is 134 Å². The van der Waals surface area contributed by atoms with Gasteiger partial charge in [-0.15, -0.1) is 0 Å². The molecule has 0 unspecified atom stereocenters. The van der Waals surface area contributed by atoms with Crippen LogP contribution in [-0.2, 0) is 0 Å². The molecule has 0 aliphatic carbocycles. The first-order valence-electron chi connectivity index (χ1n) is 6.23. The second kappa shape index (κ2) is 5.58. The highest BCUT2D eigenvalue weighted by atomic mass is 127. The van der Waals surface area contributed by atoms with Crippen molar-refractivity contribution in [3.05, 3.63) is 63.5 Å². The number of hydrogen-bond acceptors (Lipinski definition) is 3. The summed E-state index contributed by atoms with van der Waals surface area (Å²) >= 11 is 2.19. The van der Waals surface area contributed by atoms with Crippen LogP contribution in [0.4, 0.5) is 0 Å². The molecule has 4 nitrogen and oxygen atoms in total. The zero-order chi connectivity index (χ0) is 14.8. The first-order valence-corrected chi connectivity index (χ1v) is 7.31. The number of aliphatic hydroxyl groups is 1. The lowest BCUT2D eigenvalue weighted by Crippen LogP contribution is -1.92. The molecule has 0 atom stereocenters. The van der Waals surface area contributed by atoms with E-state index in [1.165, 1.54) is 0 Å². The maximum absolute atomic E-state index is 10.3. The molecule has 0 aliphatic heterocycles. The van der Waals surface area contributed by atoms with E-state index in [1.807, 2.05) is 42.5 Å². The number of aromatic amines is 1. The van der Waals surface area contributed by atoms with Gasteiger partial charge in [-0.25, -0.2) is 4.98 Å². The molecule has 0 aliphatic rings. The van der Waals surface area contributed by atoms with E-state index in [9.17, 15) is 10.4 Å². The van der Waals surface area contributed by atoms with Crippen molar-refractivity contribution in [2.75, 3.05) is 0 Å². The van der Waals surface area contributed by atoms with Crippen LogP contribution in [0.3, 0.4) is 0 Å². The SMILES string of the molecule is N#C/C(=C(\O)c1ccc(I)cc1)c1nc2ccccc2[nH]1. The summed E-state index contributed by atoms with van der Waals surface area (Å²) in [6.07, 6.45) is 0. The summed E-state index contributed by atoms with van der Waals surface area (Å²) in [5.41, 5.74) is 2.31. The van der Waals surface area contributed by atoms with Crippen LogP contribution in [0.15, 0.2) is 48.5 Å². The van der Waals surface area contributed by atoms with Crippen LogP contribution in [0.2, 0.25) is 0 Å². The maximum Gasteiger partial charge on any atom is 0.153 e. The third-order valence-electron chi connectivity index (χ3n) is 3.09. The molecule has 5 heteroatoms. The third kappa shape index (κ3) is 2.62. The lowest BCUT2D eigenvalue weighted by atomic mass is 10.1. The number of rotatable bonds is 2. The van der Waals surface area contributed by atoms with Gasteiger partial charge in [-0.1, -0.05) is 24.3 Å². The van der Waals surface area contributed by atoms with Crippen LogP contribution in [0.5, 0.6) is 0 Å². The lowest BCUT2D eigenvalue weighted by Gasteiger charge is -2.02. The average Bonchev–Trinajstić information content (AvgIpc) is 2.92. The quantitative estimate of drug-likeness (QED) is 0.395. The molecule has 0 saturated heterocycles. The summed E-state index contributed by atoms with van der Waals surface area (Å²) in [5, 5.41) is 19.7. The number of fused-ring (bicyclic) bond motifs is 1. The van der Waals surface area contributed by atoms with E-state index in [1.54, 1.807) is 12.1 Å². The van der Waals surface area contributed by atoms with Gasteiger partial charge < -0.3 is 10.1 Å². The monoisotopic (exact) mass is 387 g/mol. The number of allylic oxidation sites excluding steroid dienone is 1. The minimum atomic E-state index is -0.0760. The van der Waals surface area contributed by atoms with Gasteiger partial charge in [-0.3, -0.25) is 0 Å². The Kier molecular flexibility index (Phi) is 3.62. The van der Waals surface area contributed by atoms with Crippen LogP contribution in [0.25, 0.3) is 22.4 Å². The fraction of sp³-hybridized carbons (Fsp3) is 0. The maximum atomic E-state index is 10.3. The molecule has 0 bridgehead atoms. The molecule has 102 valence electrons. The molecular formula is C16H10IN3O. The van der Waals surface area contributed by atoms with Gasteiger partial charge in [-0.05, 0) is 46.9 Å². The minimum Gasteiger partial charge on any atom is -0.506 e. The number of aromatic nitrogens is 2. The van der Waals surface area contributed by atoms with E-state index in [0.29, 0.717) is 11.4 Å². The summed E-state index contributed by atoms with van der Waals surface area (Å²) in [6, 6.07) is 16.8. The van der Waals surface area contributed by atoms with Gasteiger partial charge in [0.2, 0.25) is 0 Å². The predicted molar refractivity (Wildman–Crippen MR) is 90.3 cm³/mol. The Morgan fingerprint density at radius 1 is 1.14 bits per heavy atom. The van der Waals surface area contributed by atoms with Crippen molar-refractivity contribution in [2.45, 2.75) is 0 Å². The number of nitrogens with zero attached hydrogens (tertiary/aromatic N) is 2. The van der Waals surface area contributed by atoms with Gasteiger partial charge in [0.05, 0.1) is 11.0 Å². The van der Waals surface area contributed by atoms with Crippen LogP contribution in [0.1, 0.15) is 11.4 Å². The highest BCUT2D eigenvalue weighted by molar-refractivity contribution is 14.1. The molecule has 0 saturated carbocycles. The van der Waals surface area contributed by atoms with Crippen molar-refractivity contribution in [1.82, 2.24) is 9.97 Å². The molecule has 0 fully saturated rings. The van der Waals surface area contributed by atoms with E-state index in [-0.39, 0.29) is 11.3 Å². The van der Waals surface area contributed by atoms with Crippen LogP contribution >= 0.6 is 22.6 Å². The summed E-state index contributed by atoms with van der Waals surface area (Å²) in [6.45, 7) is 0. The van der Waals surface area contributed by atoms with Crippen LogP contribution in [-0.4, -0.2) is 15.1 Å². The second-order valence-electron chi connectivity index (χ2n) is 4.44. The fourth-order valence-corrected chi connectivity index (χ4v) is 2.40. The van der Waals surface area contributed by atoms with Crippen molar-refractivity contribution in [3.63, 3.8) is 0 Å². The van der Waals surface area contributed by atoms with E-state index >= 15 is 0 Å². The van der Waals surface area contributed by atoms with E-state index in [0.717, 1.165) is 14.6 Å². The third-order valence-corrected chi connectivity index (χ3v) is 3.81. The van der Waals surface area contributed by atoms with Gasteiger partial charge in [-0.2, -0.15) is 5.26 Å². The average molecular weight is 387 g/mol. The van der Waals surface area contributed by atoms with Gasteiger partial charge in [0.1, 0.15) is 17.4 Å². The number of nitriles is 1. The Hall–Kier alpha value is -2.33. The standard InChI is InChI=1S/C16H10IN3O/c17-11-7-5-10(6-8-11)15(21)12(9-18)16-19-13-3-1-2-4-14(13)20-16/h1-8,21H,(H,19,20)/b15-12+. The van der Waals surface area contributed by atoms with Gasteiger partial charge in [0.15, 0.2) is 5.82 Å². The smallest absolute Gasteiger partial charge is 0.153 e. The van der Waals surface area contributed by atoms with Crippen LogP contribution in [0, 0.1) is 14.9 Å². The topological polar surface area (TPSA) is 72.7 Å². The molecule has 1 aromatic heterocycles. The molecule has 21 heavy (non-hydrogen) atoms. The largest absolute Gasteiger partial charge is 0.506 e. The Bertz CT molecular complexity index is 839. The first-order chi connectivity index (χ1) is 10.2. The van der Waals surface area contributed by atoms with Crippen molar-refractivity contribution in [3.8, 4) is 6.07 Å². The molecule has 3 aromatic rings. The number of aliphatic hydroxyl groups excluding tert-OH is 1. The summed E-state index contributed by atoms with van der Waals surface area (Å²) in [5.74, 6) is 0.294. The number of nitrogens with one attached hydrogen (secondary N) is 1. The molecule has 3 rings (SSSR count). The van der Waals surface area contributed by atoms with Crippen molar-refractivity contribution >= 4 is 45.0 Å². The predicted octanol–water partition coefficient (Wildman–Crippen LogP) is 4.12. The zero-order valence-corrected chi connectivity index (χ0v) is 13.0. The van der Waals surface area contributed by atoms with Gasteiger partial charge >= 0.3 is 0 Å². The van der Waals surface area contributed by atoms with E-state index < -0.39 is 0 Å². The molecular weight excluding hydrogens is 377 g/mol. The first kappa shape index (κ1) is 13.6. The Morgan fingerprint density at radius 2 is 1.86 bits per heavy atom. The number of halogens is 1. The minimum absolute atomic E-state index is 0.0760. The fourth-order valence-electron chi connectivity index (χ4n) is 2.04. The Balaban J connectivity index is 2.14. The summed E-state index contributed by atoms with van der Waals surface area (Å²) in [7, 11) is 0. The summed E-state index contributed by atoms with van der Waals surface area (Å²) in [4.78, 5) is 7.41. The van der Waals surface area contributed by atoms with Crippen molar-refractivity contribution in [2.24, 2.45) is 0 Å². The highest BCUT2D eigenvalue weighted by Crippen LogP contribution is 2.24. The molecule has 0 spiro atoms. The van der Waals surface area contributed by atoms with Crippen molar-refractivity contribution < 1.29 is 5.11 Å². The molecule has 0 radical (unpaired) electrons. The second-order valence-corrected chi connectivity index (χ2v) is 5.69.